The summed E-state index contributed by atoms with van der Waals surface area (Å²) >= 11 is 0. The highest BCUT2D eigenvalue weighted by molar-refractivity contribution is 5.90. The van der Waals surface area contributed by atoms with E-state index in [-0.39, 0.29) is 17.7 Å². The van der Waals surface area contributed by atoms with Gasteiger partial charge in [-0.15, -0.1) is 0 Å². The second kappa shape index (κ2) is 6.73. The van der Waals surface area contributed by atoms with Gasteiger partial charge in [0.05, 0.1) is 5.92 Å². The lowest BCUT2D eigenvalue weighted by atomic mass is 9.98. The molecule has 1 aromatic rings. The molecule has 0 spiro atoms. The Balaban J connectivity index is 1.61. The fraction of sp³-hybridized carbons (Fsp3) is 0.333. The Labute approximate surface area is 112 Å². The van der Waals surface area contributed by atoms with Crippen molar-refractivity contribution in [2.24, 2.45) is 5.92 Å². The van der Waals surface area contributed by atoms with E-state index < -0.39 is 0 Å². The second-order valence-corrected chi connectivity index (χ2v) is 4.60. The number of hydrogen-bond acceptors (Lipinski definition) is 2. The number of rotatable bonds is 6. The standard InChI is InChI=1S/C15H18N2O2/c18-14(17-13-8-4-2-5-9-13)10-6-1-3-7-12-11-16-15(12)19/h1-5,8-9,12H,6-7,10-11H2,(H,16,19)(H,17,18)/b3-1+/t12-/m0/s1. The normalized spacial score (nSPS) is 17.9. The van der Waals surface area contributed by atoms with Crippen LogP contribution in [-0.4, -0.2) is 18.4 Å². The van der Waals surface area contributed by atoms with Crippen LogP contribution in [0.3, 0.4) is 0 Å². The highest BCUT2D eigenvalue weighted by Gasteiger charge is 2.25. The third kappa shape index (κ3) is 4.25. The summed E-state index contributed by atoms with van der Waals surface area (Å²) in [6.07, 6.45) is 5.89. The Bertz CT molecular complexity index is 468. The van der Waals surface area contributed by atoms with Crippen LogP contribution in [0, 0.1) is 5.92 Å². The first-order chi connectivity index (χ1) is 9.25. The fourth-order valence-corrected chi connectivity index (χ4v) is 1.86. The number of anilines is 1. The number of amides is 2. The van der Waals surface area contributed by atoms with Crippen molar-refractivity contribution in [3.05, 3.63) is 42.5 Å². The van der Waals surface area contributed by atoms with Gasteiger partial charge in [-0.25, -0.2) is 0 Å². The summed E-state index contributed by atoms with van der Waals surface area (Å²) in [7, 11) is 0. The molecule has 1 saturated heterocycles. The van der Waals surface area contributed by atoms with Gasteiger partial charge in [-0.3, -0.25) is 9.59 Å². The highest BCUT2D eigenvalue weighted by atomic mass is 16.2. The van der Waals surface area contributed by atoms with E-state index in [1.165, 1.54) is 0 Å². The molecule has 2 amide bonds. The van der Waals surface area contributed by atoms with Crippen molar-refractivity contribution >= 4 is 17.5 Å². The Kier molecular flexibility index (Phi) is 4.72. The van der Waals surface area contributed by atoms with Crippen LogP contribution in [0.1, 0.15) is 19.3 Å². The molecular weight excluding hydrogens is 240 g/mol. The average Bonchev–Trinajstić information content (AvgIpc) is 2.42. The Morgan fingerprint density at radius 1 is 1.32 bits per heavy atom. The van der Waals surface area contributed by atoms with Gasteiger partial charge in [-0.2, -0.15) is 0 Å². The van der Waals surface area contributed by atoms with Crippen LogP contribution in [0.4, 0.5) is 5.69 Å². The molecule has 0 bridgehead atoms. The van der Waals surface area contributed by atoms with Crippen LogP contribution in [0.5, 0.6) is 0 Å². The highest BCUT2D eigenvalue weighted by Crippen LogP contribution is 2.11. The predicted molar refractivity (Wildman–Crippen MR) is 74.6 cm³/mol. The number of carbonyl (C=O) groups excluding carboxylic acids is 2. The van der Waals surface area contributed by atoms with Gasteiger partial charge < -0.3 is 10.6 Å². The zero-order chi connectivity index (χ0) is 13.5. The lowest BCUT2D eigenvalue weighted by Gasteiger charge is -2.24. The molecule has 0 radical (unpaired) electrons. The predicted octanol–water partition coefficient (Wildman–Crippen LogP) is 2.10. The summed E-state index contributed by atoms with van der Waals surface area (Å²) in [4.78, 5) is 22.6. The second-order valence-electron chi connectivity index (χ2n) is 4.60. The molecule has 0 saturated carbocycles. The average molecular weight is 258 g/mol. The minimum atomic E-state index is 0.0113. The van der Waals surface area contributed by atoms with Crippen molar-refractivity contribution in [3.8, 4) is 0 Å². The van der Waals surface area contributed by atoms with Crippen LogP contribution in [-0.2, 0) is 9.59 Å². The van der Waals surface area contributed by atoms with Gasteiger partial charge in [-0.1, -0.05) is 30.4 Å². The maximum atomic E-state index is 11.6. The molecule has 19 heavy (non-hydrogen) atoms. The van der Waals surface area contributed by atoms with Crippen molar-refractivity contribution in [1.29, 1.82) is 0 Å². The van der Waals surface area contributed by atoms with E-state index in [0.717, 1.165) is 18.7 Å². The number of allylic oxidation sites excluding steroid dienone is 2. The minimum absolute atomic E-state index is 0.0113. The van der Waals surface area contributed by atoms with E-state index in [4.69, 9.17) is 0 Å². The molecule has 2 N–H and O–H groups in total. The van der Waals surface area contributed by atoms with Gasteiger partial charge in [0.15, 0.2) is 0 Å². The molecule has 1 atom stereocenters. The number of hydrogen-bond donors (Lipinski definition) is 2. The third-order valence-electron chi connectivity index (χ3n) is 3.08. The molecule has 0 aliphatic carbocycles. The number of β-lactam (4-membered cyclic amide) rings is 1. The zero-order valence-corrected chi connectivity index (χ0v) is 10.8. The largest absolute Gasteiger partial charge is 0.355 e. The van der Waals surface area contributed by atoms with Gasteiger partial charge in [0.25, 0.3) is 0 Å². The Morgan fingerprint density at radius 3 is 2.74 bits per heavy atom. The van der Waals surface area contributed by atoms with Crippen LogP contribution < -0.4 is 10.6 Å². The molecule has 4 nitrogen and oxygen atoms in total. The van der Waals surface area contributed by atoms with E-state index in [0.29, 0.717) is 12.8 Å². The maximum Gasteiger partial charge on any atom is 0.225 e. The van der Waals surface area contributed by atoms with Crippen molar-refractivity contribution in [3.63, 3.8) is 0 Å². The van der Waals surface area contributed by atoms with E-state index in [1.54, 1.807) is 0 Å². The van der Waals surface area contributed by atoms with Crippen LogP contribution in [0.2, 0.25) is 0 Å². The van der Waals surface area contributed by atoms with Crippen molar-refractivity contribution in [2.45, 2.75) is 19.3 Å². The SMILES string of the molecule is O=C(CC/C=C/C[C@H]1CNC1=O)Nc1ccccc1. The molecule has 100 valence electrons. The van der Waals surface area contributed by atoms with E-state index in [2.05, 4.69) is 10.6 Å². The minimum Gasteiger partial charge on any atom is -0.355 e. The molecule has 4 heteroatoms. The Hall–Kier alpha value is -2.10. The lowest BCUT2D eigenvalue weighted by Crippen LogP contribution is -2.48. The van der Waals surface area contributed by atoms with Crippen LogP contribution in [0.25, 0.3) is 0 Å². The third-order valence-corrected chi connectivity index (χ3v) is 3.08. The molecule has 1 aliphatic rings. The molecular formula is C15H18N2O2. The number of carbonyl (C=O) groups is 2. The van der Waals surface area contributed by atoms with Crippen LogP contribution >= 0.6 is 0 Å². The molecule has 0 unspecified atom stereocenters. The van der Waals surface area contributed by atoms with Crippen molar-refractivity contribution < 1.29 is 9.59 Å². The summed E-state index contributed by atoms with van der Waals surface area (Å²) < 4.78 is 0. The summed E-state index contributed by atoms with van der Waals surface area (Å²) in [6.45, 7) is 0.775. The smallest absolute Gasteiger partial charge is 0.225 e. The summed E-state index contributed by atoms with van der Waals surface area (Å²) in [5.41, 5.74) is 0.822. The van der Waals surface area contributed by atoms with Gasteiger partial charge >= 0.3 is 0 Å². The monoisotopic (exact) mass is 258 g/mol. The number of nitrogens with one attached hydrogen (secondary N) is 2. The van der Waals surface area contributed by atoms with E-state index in [9.17, 15) is 9.59 Å². The first-order valence-electron chi connectivity index (χ1n) is 6.53. The lowest BCUT2D eigenvalue weighted by molar-refractivity contribution is -0.130. The van der Waals surface area contributed by atoms with Gasteiger partial charge in [-0.05, 0) is 25.0 Å². The first-order valence-corrected chi connectivity index (χ1v) is 6.53. The zero-order valence-electron chi connectivity index (χ0n) is 10.8. The van der Waals surface area contributed by atoms with Gasteiger partial charge in [0, 0.05) is 18.7 Å². The van der Waals surface area contributed by atoms with E-state index in [1.807, 2.05) is 42.5 Å². The fourth-order valence-electron chi connectivity index (χ4n) is 1.86. The van der Waals surface area contributed by atoms with E-state index >= 15 is 0 Å². The molecule has 2 rings (SSSR count). The summed E-state index contributed by atoms with van der Waals surface area (Å²) in [6, 6.07) is 9.42. The van der Waals surface area contributed by atoms with Crippen molar-refractivity contribution in [1.82, 2.24) is 5.32 Å². The molecule has 1 aromatic carbocycles. The Morgan fingerprint density at radius 2 is 2.11 bits per heavy atom. The quantitative estimate of drug-likeness (QED) is 0.606. The maximum absolute atomic E-state index is 11.6. The molecule has 1 fully saturated rings. The van der Waals surface area contributed by atoms with Crippen LogP contribution in [0.15, 0.2) is 42.5 Å². The molecule has 0 aromatic heterocycles. The topological polar surface area (TPSA) is 58.2 Å². The first kappa shape index (κ1) is 13.3. The van der Waals surface area contributed by atoms with Gasteiger partial charge in [0.1, 0.15) is 0 Å². The van der Waals surface area contributed by atoms with Crippen molar-refractivity contribution in [2.75, 3.05) is 11.9 Å². The number of para-hydroxylation sites is 1. The molecule has 1 aliphatic heterocycles. The summed E-state index contributed by atoms with van der Waals surface area (Å²) in [5.74, 6) is 0.276. The molecule has 1 heterocycles. The number of benzene rings is 1. The summed E-state index contributed by atoms with van der Waals surface area (Å²) in [5, 5.41) is 5.54. The van der Waals surface area contributed by atoms with Gasteiger partial charge in [0.2, 0.25) is 11.8 Å².